The molecule has 0 N–H and O–H groups in total. The van der Waals surface area contributed by atoms with E-state index in [2.05, 4.69) is 17.3 Å². The van der Waals surface area contributed by atoms with Gasteiger partial charge in [0.25, 0.3) is 0 Å². The van der Waals surface area contributed by atoms with Gasteiger partial charge >= 0.3 is 0 Å². The van der Waals surface area contributed by atoms with Crippen LogP contribution in [0.3, 0.4) is 0 Å². The summed E-state index contributed by atoms with van der Waals surface area (Å²) < 4.78 is 6.35. The number of hydrogen-bond donors (Lipinski definition) is 0. The summed E-state index contributed by atoms with van der Waals surface area (Å²) in [5.41, 5.74) is 2.89. The minimum absolute atomic E-state index is 0.236. The summed E-state index contributed by atoms with van der Waals surface area (Å²) in [6, 6.07) is 18.4. The van der Waals surface area contributed by atoms with E-state index in [-0.39, 0.29) is 11.5 Å². The van der Waals surface area contributed by atoms with Gasteiger partial charge in [-0.2, -0.15) is 0 Å². The van der Waals surface area contributed by atoms with Gasteiger partial charge in [0.1, 0.15) is 18.0 Å². The first-order chi connectivity index (χ1) is 10.8. The molecule has 2 atom stereocenters. The summed E-state index contributed by atoms with van der Waals surface area (Å²) >= 11 is 5.67. The summed E-state index contributed by atoms with van der Waals surface area (Å²) in [6.45, 7) is 0.416. The summed E-state index contributed by atoms with van der Waals surface area (Å²) in [5, 5.41) is 4.36. The molecule has 1 aliphatic heterocycles. The maximum atomic E-state index is 6.35. The third-order valence-electron chi connectivity index (χ3n) is 4.29. The highest BCUT2D eigenvalue weighted by molar-refractivity contribution is 6.18. The molecule has 112 valence electrons. The average Bonchev–Trinajstić information content (AvgIpc) is 3.31. The monoisotopic (exact) mass is 313 g/mol. The Bertz CT molecular complexity index is 716. The van der Waals surface area contributed by atoms with Crippen LogP contribution in [0.5, 0.6) is 5.75 Å². The van der Waals surface area contributed by atoms with Gasteiger partial charge in [0.15, 0.2) is 0 Å². The molecule has 2 aliphatic rings. The van der Waals surface area contributed by atoms with Gasteiger partial charge in [0.2, 0.25) is 0 Å². The summed E-state index contributed by atoms with van der Waals surface area (Å²) in [4.78, 5) is 5.36. The molecule has 22 heavy (non-hydrogen) atoms. The molecule has 0 spiro atoms. The maximum absolute atomic E-state index is 6.35. The highest BCUT2D eigenvalue weighted by Crippen LogP contribution is 2.60. The van der Waals surface area contributed by atoms with Crippen LogP contribution in [0.4, 0.5) is 0 Å². The lowest BCUT2D eigenvalue weighted by Gasteiger charge is -2.27. The second kappa shape index (κ2) is 5.33. The van der Waals surface area contributed by atoms with E-state index in [9.17, 15) is 0 Å². The van der Waals surface area contributed by atoms with Gasteiger partial charge in [-0.3, -0.25) is 0 Å². The molecule has 0 bridgehead atoms. The molecule has 1 fully saturated rings. The lowest BCUT2D eigenvalue weighted by molar-refractivity contribution is 0.148. The van der Waals surface area contributed by atoms with Crippen LogP contribution < -0.4 is 4.74 Å². The zero-order valence-corrected chi connectivity index (χ0v) is 12.8. The van der Waals surface area contributed by atoms with Gasteiger partial charge in [-0.15, -0.1) is 11.6 Å². The van der Waals surface area contributed by atoms with E-state index in [0.717, 1.165) is 23.4 Å². The molecule has 2 aromatic rings. The largest absolute Gasteiger partial charge is 0.481 e. The van der Waals surface area contributed by atoms with Gasteiger partial charge in [-0.25, -0.2) is 0 Å². The smallest absolute Gasteiger partial charge is 0.143 e. The Morgan fingerprint density at radius 3 is 2.73 bits per heavy atom. The Kier molecular flexibility index (Phi) is 3.30. The number of fused-ring (bicyclic) bond motifs is 2. The Morgan fingerprint density at radius 1 is 1.14 bits per heavy atom. The molecular weight excluding hydrogens is 298 g/mol. The van der Waals surface area contributed by atoms with Crippen LogP contribution in [0.1, 0.15) is 17.5 Å². The number of benzene rings is 2. The van der Waals surface area contributed by atoms with Crippen LogP contribution in [0.15, 0.2) is 59.8 Å². The number of nitrogens with zero attached hydrogens (tertiary/aromatic N) is 1. The molecule has 0 radical (unpaired) electrons. The third kappa shape index (κ3) is 2.08. The van der Waals surface area contributed by atoms with Crippen molar-refractivity contribution in [3.63, 3.8) is 0 Å². The quantitative estimate of drug-likeness (QED) is 0.486. The van der Waals surface area contributed by atoms with Crippen molar-refractivity contribution in [2.45, 2.75) is 12.0 Å². The first kappa shape index (κ1) is 13.6. The van der Waals surface area contributed by atoms with E-state index >= 15 is 0 Å². The first-order valence-electron chi connectivity index (χ1n) is 7.45. The summed E-state index contributed by atoms with van der Waals surface area (Å²) in [6.07, 6.45) is 0.925. The normalized spacial score (nSPS) is 26.8. The average molecular weight is 314 g/mol. The highest BCUT2D eigenvalue weighted by atomic mass is 35.5. The molecule has 4 heteroatoms. The van der Waals surface area contributed by atoms with Crippen LogP contribution >= 0.6 is 11.6 Å². The van der Waals surface area contributed by atoms with Gasteiger partial charge < -0.3 is 9.57 Å². The third-order valence-corrected chi connectivity index (χ3v) is 4.44. The predicted molar refractivity (Wildman–Crippen MR) is 86.5 cm³/mol. The van der Waals surface area contributed by atoms with E-state index in [1.807, 2.05) is 42.5 Å². The molecule has 1 heterocycles. The van der Waals surface area contributed by atoms with E-state index in [1.165, 1.54) is 5.56 Å². The van der Waals surface area contributed by atoms with Gasteiger partial charge in [0.05, 0.1) is 17.5 Å². The molecular formula is C18H16ClNO2. The number of ether oxygens (including phenoxy) is 1. The van der Waals surface area contributed by atoms with Crippen LogP contribution in [-0.2, 0) is 10.4 Å². The number of hydrogen-bond acceptors (Lipinski definition) is 3. The highest BCUT2D eigenvalue weighted by Gasteiger charge is 2.64. The molecule has 4 rings (SSSR count). The molecule has 0 amide bonds. The summed E-state index contributed by atoms with van der Waals surface area (Å²) in [7, 11) is 0. The molecule has 1 saturated carbocycles. The van der Waals surface area contributed by atoms with Crippen molar-refractivity contribution < 1.29 is 9.57 Å². The summed E-state index contributed by atoms with van der Waals surface area (Å²) in [5.74, 6) is 1.54. The van der Waals surface area contributed by atoms with Crippen molar-refractivity contribution >= 4 is 17.3 Å². The molecule has 2 unspecified atom stereocenters. The van der Waals surface area contributed by atoms with Crippen LogP contribution in [0, 0.1) is 5.92 Å². The standard InChI is InChI=1S/C18H16ClNO2/c19-10-11-21-20-17-14-8-4-5-9-16(14)22-18(12-15(17)18)13-6-2-1-3-7-13/h1-9,15H,10-12H2. The van der Waals surface area contributed by atoms with Crippen LogP contribution in [-0.4, -0.2) is 18.2 Å². The Labute approximate surface area is 134 Å². The SMILES string of the molecule is ClCCON=C1c2ccccc2OC2(c3ccccc3)CC12. The number of rotatable bonds is 4. The fourth-order valence-electron chi connectivity index (χ4n) is 3.19. The van der Waals surface area contributed by atoms with Crippen molar-refractivity contribution in [3.8, 4) is 5.75 Å². The first-order valence-corrected chi connectivity index (χ1v) is 7.98. The van der Waals surface area contributed by atoms with Gasteiger partial charge in [-0.05, 0) is 17.7 Å². The second-order valence-corrected chi connectivity index (χ2v) is 5.99. The molecule has 2 aromatic carbocycles. The van der Waals surface area contributed by atoms with E-state index in [0.29, 0.717) is 12.5 Å². The minimum Gasteiger partial charge on any atom is -0.481 e. The van der Waals surface area contributed by atoms with Crippen molar-refractivity contribution in [3.05, 3.63) is 65.7 Å². The van der Waals surface area contributed by atoms with Crippen LogP contribution in [0.2, 0.25) is 0 Å². The molecule has 3 nitrogen and oxygen atoms in total. The van der Waals surface area contributed by atoms with Gasteiger partial charge in [0, 0.05) is 12.0 Å². The second-order valence-electron chi connectivity index (χ2n) is 5.61. The van der Waals surface area contributed by atoms with Crippen molar-refractivity contribution in [1.82, 2.24) is 0 Å². The molecule has 1 aliphatic carbocycles. The van der Waals surface area contributed by atoms with Gasteiger partial charge in [-0.1, -0.05) is 47.6 Å². The predicted octanol–water partition coefficient (Wildman–Crippen LogP) is 3.95. The lowest BCUT2D eigenvalue weighted by atomic mass is 9.96. The van der Waals surface area contributed by atoms with E-state index in [1.54, 1.807) is 0 Å². The number of halogens is 1. The fraction of sp³-hybridized carbons (Fsp3) is 0.278. The van der Waals surface area contributed by atoms with Crippen molar-refractivity contribution in [2.24, 2.45) is 11.1 Å². The zero-order chi connectivity index (χ0) is 15.0. The Balaban J connectivity index is 1.75. The van der Waals surface area contributed by atoms with E-state index in [4.69, 9.17) is 21.2 Å². The lowest BCUT2D eigenvalue weighted by Crippen LogP contribution is -2.28. The number of alkyl halides is 1. The minimum atomic E-state index is -0.293. The molecule has 0 saturated heterocycles. The Hall–Kier alpha value is -2.00. The molecule has 0 aromatic heterocycles. The maximum Gasteiger partial charge on any atom is 0.143 e. The Morgan fingerprint density at radius 2 is 1.91 bits per heavy atom. The van der Waals surface area contributed by atoms with Crippen LogP contribution in [0.25, 0.3) is 0 Å². The van der Waals surface area contributed by atoms with Crippen molar-refractivity contribution in [1.29, 1.82) is 0 Å². The van der Waals surface area contributed by atoms with Crippen molar-refractivity contribution in [2.75, 3.05) is 12.5 Å². The fourth-order valence-corrected chi connectivity index (χ4v) is 3.26. The zero-order valence-electron chi connectivity index (χ0n) is 12.0. The van der Waals surface area contributed by atoms with E-state index < -0.39 is 0 Å². The number of para-hydroxylation sites is 1. The number of oxime groups is 1. The topological polar surface area (TPSA) is 30.8 Å².